The molecule has 1 aromatic carbocycles. The molecule has 0 aliphatic rings. The number of anilines is 1. The first-order valence-corrected chi connectivity index (χ1v) is 7.58. The van der Waals surface area contributed by atoms with Gasteiger partial charge in [0.2, 0.25) is 0 Å². The van der Waals surface area contributed by atoms with Crippen LogP contribution in [0.5, 0.6) is 0 Å². The quantitative estimate of drug-likeness (QED) is 0.619. The normalized spacial score (nSPS) is 11.2. The van der Waals surface area contributed by atoms with E-state index in [1.807, 2.05) is 13.0 Å². The monoisotopic (exact) mass is 294 g/mol. The molecule has 0 aliphatic heterocycles. The first-order chi connectivity index (χ1) is 9.45. The summed E-state index contributed by atoms with van der Waals surface area (Å²) in [5.74, 6) is 0. The van der Waals surface area contributed by atoms with Crippen molar-refractivity contribution in [3.63, 3.8) is 0 Å². The van der Waals surface area contributed by atoms with Gasteiger partial charge in [-0.05, 0) is 42.6 Å². The molecule has 2 N–H and O–H groups in total. The van der Waals surface area contributed by atoms with Crippen LogP contribution >= 0.6 is 12.2 Å². The van der Waals surface area contributed by atoms with Gasteiger partial charge in [-0.3, -0.25) is 0 Å². The fraction of sp³-hybridized carbons (Fsp3) is 0.562. The molecular weight excluding hydrogens is 268 g/mol. The minimum Gasteiger partial charge on any atom is -0.382 e. The van der Waals surface area contributed by atoms with Gasteiger partial charge in [0.15, 0.2) is 5.11 Å². The summed E-state index contributed by atoms with van der Waals surface area (Å²) < 4.78 is 5.29. The van der Waals surface area contributed by atoms with Crippen molar-refractivity contribution in [1.29, 1.82) is 0 Å². The third kappa shape index (κ3) is 5.88. The first kappa shape index (κ1) is 16.9. The molecule has 0 heterocycles. The first-order valence-electron chi connectivity index (χ1n) is 7.17. The SMILES string of the molecule is CCOCCCNC(=S)Nc1ccccc1C(C)(C)C. The van der Waals surface area contributed by atoms with E-state index in [-0.39, 0.29) is 5.41 Å². The molecule has 0 spiro atoms. The van der Waals surface area contributed by atoms with Crippen molar-refractivity contribution in [2.24, 2.45) is 0 Å². The van der Waals surface area contributed by atoms with Crippen molar-refractivity contribution in [2.75, 3.05) is 25.1 Å². The Hall–Kier alpha value is -1.13. The summed E-state index contributed by atoms with van der Waals surface area (Å²) in [6.45, 7) is 11.0. The summed E-state index contributed by atoms with van der Waals surface area (Å²) in [5.41, 5.74) is 2.43. The molecule has 3 nitrogen and oxygen atoms in total. The minimum atomic E-state index is 0.0914. The number of rotatable bonds is 6. The second-order valence-corrected chi connectivity index (χ2v) is 6.14. The minimum absolute atomic E-state index is 0.0914. The number of nitrogens with one attached hydrogen (secondary N) is 2. The Morgan fingerprint density at radius 2 is 1.95 bits per heavy atom. The maximum atomic E-state index is 5.33. The van der Waals surface area contributed by atoms with Crippen LogP contribution in [0.1, 0.15) is 39.7 Å². The van der Waals surface area contributed by atoms with Crippen LogP contribution in [-0.4, -0.2) is 24.9 Å². The van der Waals surface area contributed by atoms with Crippen LogP contribution in [0, 0.1) is 0 Å². The van der Waals surface area contributed by atoms with E-state index in [0.29, 0.717) is 5.11 Å². The molecule has 4 heteroatoms. The molecule has 0 saturated carbocycles. The van der Waals surface area contributed by atoms with Gasteiger partial charge in [-0.25, -0.2) is 0 Å². The van der Waals surface area contributed by atoms with Crippen molar-refractivity contribution in [3.05, 3.63) is 29.8 Å². The number of benzene rings is 1. The van der Waals surface area contributed by atoms with E-state index in [1.54, 1.807) is 0 Å². The van der Waals surface area contributed by atoms with E-state index >= 15 is 0 Å². The van der Waals surface area contributed by atoms with Crippen molar-refractivity contribution in [1.82, 2.24) is 5.32 Å². The Labute approximate surface area is 128 Å². The van der Waals surface area contributed by atoms with Gasteiger partial charge in [-0.2, -0.15) is 0 Å². The molecule has 0 amide bonds. The molecule has 0 bridgehead atoms. The summed E-state index contributed by atoms with van der Waals surface area (Å²) in [6.07, 6.45) is 0.955. The van der Waals surface area contributed by atoms with Crippen LogP contribution in [0.15, 0.2) is 24.3 Å². The molecule has 0 radical (unpaired) electrons. The molecule has 1 rings (SSSR count). The van der Waals surface area contributed by atoms with Crippen LogP contribution < -0.4 is 10.6 Å². The number of para-hydroxylation sites is 1. The Bertz CT molecular complexity index is 427. The number of hydrogen-bond acceptors (Lipinski definition) is 2. The molecule has 0 unspecified atom stereocenters. The number of hydrogen-bond donors (Lipinski definition) is 2. The Balaban J connectivity index is 2.50. The summed E-state index contributed by atoms with van der Waals surface area (Å²) in [6, 6.07) is 8.29. The Kier molecular flexibility index (Phi) is 6.96. The molecule has 0 aromatic heterocycles. The van der Waals surface area contributed by atoms with Crippen LogP contribution in [0.3, 0.4) is 0 Å². The lowest BCUT2D eigenvalue weighted by atomic mass is 9.86. The predicted octanol–water partition coefficient (Wildman–Crippen LogP) is 3.70. The van der Waals surface area contributed by atoms with E-state index < -0.39 is 0 Å². The summed E-state index contributed by atoms with van der Waals surface area (Å²) in [5, 5.41) is 7.16. The highest BCUT2D eigenvalue weighted by atomic mass is 32.1. The van der Waals surface area contributed by atoms with E-state index in [9.17, 15) is 0 Å². The maximum absolute atomic E-state index is 5.33. The van der Waals surface area contributed by atoms with E-state index in [1.165, 1.54) is 5.56 Å². The zero-order valence-electron chi connectivity index (χ0n) is 13.0. The van der Waals surface area contributed by atoms with Crippen molar-refractivity contribution in [2.45, 2.75) is 39.5 Å². The lowest BCUT2D eigenvalue weighted by molar-refractivity contribution is 0.146. The zero-order chi connectivity index (χ0) is 15.0. The third-order valence-corrected chi connectivity index (χ3v) is 3.18. The number of ether oxygens (including phenoxy) is 1. The third-order valence-electron chi connectivity index (χ3n) is 2.94. The highest BCUT2D eigenvalue weighted by molar-refractivity contribution is 7.80. The van der Waals surface area contributed by atoms with Gasteiger partial charge >= 0.3 is 0 Å². The van der Waals surface area contributed by atoms with E-state index in [2.05, 4.69) is 49.6 Å². The van der Waals surface area contributed by atoms with Crippen molar-refractivity contribution >= 4 is 23.0 Å². The second-order valence-electron chi connectivity index (χ2n) is 5.73. The summed E-state index contributed by atoms with van der Waals surface area (Å²) in [7, 11) is 0. The van der Waals surface area contributed by atoms with Crippen LogP contribution in [0.2, 0.25) is 0 Å². The van der Waals surface area contributed by atoms with Gasteiger partial charge in [0.1, 0.15) is 0 Å². The molecule has 0 aliphatic carbocycles. The topological polar surface area (TPSA) is 33.3 Å². The maximum Gasteiger partial charge on any atom is 0.170 e. The summed E-state index contributed by atoms with van der Waals surface area (Å²) >= 11 is 5.33. The van der Waals surface area contributed by atoms with Crippen molar-refractivity contribution in [3.8, 4) is 0 Å². The molecule has 1 aromatic rings. The second kappa shape index (κ2) is 8.22. The highest BCUT2D eigenvalue weighted by Crippen LogP contribution is 2.29. The van der Waals surface area contributed by atoms with E-state index in [4.69, 9.17) is 17.0 Å². The average molecular weight is 294 g/mol. The lowest BCUT2D eigenvalue weighted by Gasteiger charge is -2.23. The van der Waals surface area contributed by atoms with Crippen LogP contribution in [-0.2, 0) is 10.2 Å². The zero-order valence-corrected chi connectivity index (χ0v) is 13.8. The Morgan fingerprint density at radius 1 is 1.25 bits per heavy atom. The molecule has 0 fully saturated rings. The molecular formula is C16H26N2OS. The smallest absolute Gasteiger partial charge is 0.170 e. The van der Waals surface area contributed by atoms with Gasteiger partial charge in [-0.15, -0.1) is 0 Å². The predicted molar refractivity (Wildman–Crippen MR) is 90.5 cm³/mol. The van der Waals surface area contributed by atoms with Crippen LogP contribution in [0.25, 0.3) is 0 Å². The molecule has 0 atom stereocenters. The molecule has 0 saturated heterocycles. The largest absolute Gasteiger partial charge is 0.382 e. The lowest BCUT2D eigenvalue weighted by Crippen LogP contribution is -2.31. The van der Waals surface area contributed by atoms with Gasteiger partial charge in [-0.1, -0.05) is 39.0 Å². The number of thiocarbonyl (C=S) groups is 1. The van der Waals surface area contributed by atoms with Gasteiger partial charge in [0.05, 0.1) is 0 Å². The fourth-order valence-electron chi connectivity index (χ4n) is 1.93. The van der Waals surface area contributed by atoms with Gasteiger partial charge in [0.25, 0.3) is 0 Å². The molecule has 20 heavy (non-hydrogen) atoms. The highest BCUT2D eigenvalue weighted by Gasteiger charge is 2.17. The summed E-state index contributed by atoms with van der Waals surface area (Å²) in [4.78, 5) is 0. The molecule has 112 valence electrons. The van der Waals surface area contributed by atoms with Gasteiger partial charge in [0, 0.05) is 25.4 Å². The fourth-order valence-corrected chi connectivity index (χ4v) is 2.15. The standard InChI is InChI=1S/C16H26N2OS/c1-5-19-12-8-11-17-15(20)18-14-10-7-6-9-13(14)16(2,3)4/h6-7,9-10H,5,8,11-12H2,1-4H3,(H2,17,18,20). The van der Waals surface area contributed by atoms with Crippen molar-refractivity contribution < 1.29 is 4.74 Å². The Morgan fingerprint density at radius 3 is 2.60 bits per heavy atom. The average Bonchev–Trinajstić information content (AvgIpc) is 2.38. The van der Waals surface area contributed by atoms with Gasteiger partial charge < -0.3 is 15.4 Å². The van der Waals surface area contributed by atoms with Crippen LogP contribution in [0.4, 0.5) is 5.69 Å². The van der Waals surface area contributed by atoms with E-state index in [0.717, 1.165) is 31.9 Å².